The predicted octanol–water partition coefficient (Wildman–Crippen LogP) is 4.15. The van der Waals surface area contributed by atoms with Crippen molar-refractivity contribution in [3.05, 3.63) is 102 Å². The van der Waals surface area contributed by atoms with Crippen molar-refractivity contribution >= 4 is 13.2 Å². The van der Waals surface area contributed by atoms with Gasteiger partial charge in [-0.05, 0) is 11.6 Å². The van der Waals surface area contributed by atoms with Gasteiger partial charge in [-0.3, -0.25) is 0 Å². The van der Waals surface area contributed by atoms with Gasteiger partial charge in [0.15, 0.2) is 0 Å². The Morgan fingerprint density at radius 3 is 2.24 bits per heavy atom. The minimum absolute atomic E-state index is 0. The smallest absolute Gasteiger partial charge is 0.872 e. The van der Waals surface area contributed by atoms with Crippen molar-refractivity contribution < 1.29 is 35.5 Å². The molecule has 128 valence electrons. The van der Waals surface area contributed by atoms with Crippen molar-refractivity contribution in [3.63, 3.8) is 0 Å². The molecular weight excluding hydrogens is 365 g/mol. The molecule has 1 aliphatic carbocycles. The number of para-hydroxylation sites is 1. The fraction of sp³-hybridized carbons (Fsp3) is 0. The molecule has 0 radical (unpaired) electrons. The fourth-order valence-corrected chi connectivity index (χ4v) is 1.95. The molecule has 2 aromatic carbocycles. The molecule has 2 nitrogen and oxygen atoms in total. The van der Waals surface area contributed by atoms with Gasteiger partial charge in [0.2, 0.25) is 0 Å². The van der Waals surface area contributed by atoms with Crippen LogP contribution in [-0.4, -0.2) is 7.47 Å². The summed E-state index contributed by atoms with van der Waals surface area (Å²) in [5.41, 5.74) is 0.992. The van der Waals surface area contributed by atoms with Crippen LogP contribution in [0.2, 0.25) is 0 Å². The summed E-state index contributed by atoms with van der Waals surface area (Å²) >= 11 is 0. The third kappa shape index (κ3) is 7.33. The van der Waals surface area contributed by atoms with Crippen LogP contribution in [0.3, 0.4) is 0 Å². The Balaban J connectivity index is 0.000000448. The first kappa shape index (κ1) is 20.6. The molecule has 0 saturated heterocycles. The van der Waals surface area contributed by atoms with E-state index in [0.717, 1.165) is 5.57 Å². The Morgan fingerprint density at radius 1 is 1.04 bits per heavy atom. The third-order valence-corrected chi connectivity index (χ3v) is 3.04. The van der Waals surface area contributed by atoms with Gasteiger partial charge in [0.1, 0.15) is 5.75 Å². The van der Waals surface area contributed by atoms with Crippen molar-refractivity contribution in [1.82, 2.24) is 0 Å². The van der Waals surface area contributed by atoms with Crippen LogP contribution in [0.4, 0.5) is 8.63 Å². The van der Waals surface area contributed by atoms with Gasteiger partial charge in [-0.1, -0.05) is 60.4 Å². The normalized spacial score (nSPS) is 12.1. The van der Waals surface area contributed by atoms with Gasteiger partial charge >= 0.3 is 24.5 Å². The Labute approximate surface area is 156 Å². The van der Waals surface area contributed by atoms with E-state index in [4.69, 9.17) is 0 Å². The Hall–Kier alpha value is -2.43. The molecule has 0 spiro atoms. The largest absolute Gasteiger partial charge is 2.00 e. The Kier molecular flexibility index (Phi) is 9.22. The second-order valence-corrected chi connectivity index (χ2v) is 4.75. The molecule has 0 fully saturated rings. The summed E-state index contributed by atoms with van der Waals surface area (Å²) in [6.45, 7) is 0. The fourth-order valence-electron chi connectivity index (χ4n) is 1.95. The minimum Gasteiger partial charge on any atom is -0.872 e. The van der Waals surface area contributed by atoms with E-state index in [0.29, 0.717) is 0 Å². The Bertz CT molecular complexity index is 719. The molecular formula is C19H15BF2FeO2. The summed E-state index contributed by atoms with van der Waals surface area (Å²) in [5.74, 6) is -0.493. The van der Waals surface area contributed by atoms with Crippen molar-refractivity contribution in [2.45, 2.75) is 0 Å². The molecule has 25 heavy (non-hydrogen) atoms. The maximum atomic E-state index is 12.2. The zero-order valence-corrected chi connectivity index (χ0v) is 14.3. The molecule has 0 amide bonds. The van der Waals surface area contributed by atoms with Crippen LogP contribution >= 0.6 is 0 Å². The molecule has 0 heterocycles. The van der Waals surface area contributed by atoms with Crippen LogP contribution in [0.5, 0.6) is 5.75 Å². The quantitative estimate of drug-likeness (QED) is 0.454. The van der Waals surface area contributed by atoms with Crippen LogP contribution in [0.25, 0.3) is 5.76 Å². The summed E-state index contributed by atoms with van der Waals surface area (Å²) in [6, 6.07) is 15.9. The average Bonchev–Trinajstić information content (AvgIpc) is 3.28. The second-order valence-electron chi connectivity index (χ2n) is 4.75. The van der Waals surface area contributed by atoms with Gasteiger partial charge in [0, 0.05) is 5.56 Å². The van der Waals surface area contributed by atoms with Crippen LogP contribution < -0.4 is 9.76 Å². The van der Waals surface area contributed by atoms with E-state index in [9.17, 15) is 13.7 Å². The van der Waals surface area contributed by atoms with Crippen LogP contribution in [-0.2, 0) is 17.1 Å². The van der Waals surface area contributed by atoms with E-state index in [1.165, 1.54) is 24.3 Å². The van der Waals surface area contributed by atoms with Crippen molar-refractivity contribution in [1.29, 1.82) is 0 Å². The number of hydrogen-bond donors (Lipinski definition) is 0. The van der Waals surface area contributed by atoms with Gasteiger partial charge in [-0.2, -0.15) is 18.2 Å². The van der Waals surface area contributed by atoms with E-state index >= 15 is 0 Å². The minimum atomic E-state index is -2.95. The predicted molar refractivity (Wildman–Crippen MR) is 91.4 cm³/mol. The zero-order chi connectivity index (χ0) is 17.2. The molecule has 1 aliphatic rings. The number of halogens is 2. The van der Waals surface area contributed by atoms with Crippen LogP contribution in [0, 0.1) is 0 Å². The molecule has 0 unspecified atom stereocenters. The van der Waals surface area contributed by atoms with E-state index in [2.05, 4.69) is 4.65 Å². The average molecular weight is 380 g/mol. The van der Waals surface area contributed by atoms with Gasteiger partial charge in [0.25, 0.3) is 0 Å². The van der Waals surface area contributed by atoms with Crippen LogP contribution in [0.1, 0.15) is 5.56 Å². The molecule has 0 aromatic heterocycles. The van der Waals surface area contributed by atoms with E-state index in [-0.39, 0.29) is 34.1 Å². The standard InChI is InChI=1S/C14H11BF2O2.C5H5.Fe/c16-15(17)19-14-8-4-3-7-12(14)13(18)10-9-11-5-1-2-6-11;1-2-4-5-3-1;/h1-10,18H;1-5H;/q;-1;+2/p-1/b13-10-;;. The van der Waals surface area contributed by atoms with Crippen molar-refractivity contribution in [3.8, 4) is 5.75 Å². The van der Waals surface area contributed by atoms with Gasteiger partial charge in [-0.25, -0.2) is 20.8 Å². The zero-order valence-electron chi connectivity index (χ0n) is 13.2. The van der Waals surface area contributed by atoms with Gasteiger partial charge in [0.05, 0.1) is 0 Å². The van der Waals surface area contributed by atoms with E-state index in [1.807, 2.05) is 54.6 Å². The SMILES string of the molecule is [Fe+2].[O-]/C(=C\C=C1C=CC=C1)c1ccccc1OB(F)F.c1cc[cH-]c1. The second kappa shape index (κ2) is 11.2. The summed E-state index contributed by atoms with van der Waals surface area (Å²) in [4.78, 5) is 0. The maximum Gasteiger partial charge on any atom is 2.00 e. The molecule has 0 saturated carbocycles. The first-order valence-electron chi connectivity index (χ1n) is 7.31. The summed E-state index contributed by atoms with van der Waals surface area (Å²) < 4.78 is 28.8. The third-order valence-electron chi connectivity index (χ3n) is 3.04. The number of allylic oxidation sites excluding steroid dienone is 7. The molecule has 0 N–H and O–H groups in total. The maximum absolute atomic E-state index is 12.2. The van der Waals surface area contributed by atoms with E-state index in [1.54, 1.807) is 12.1 Å². The first-order chi connectivity index (χ1) is 11.7. The number of benzene rings is 1. The summed E-state index contributed by atoms with van der Waals surface area (Å²) in [7, 11) is -2.95. The molecule has 0 aliphatic heterocycles. The van der Waals surface area contributed by atoms with Gasteiger partial charge in [-0.15, -0.1) is 0 Å². The topological polar surface area (TPSA) is 32.3 Å². The summed E-state index contributed by atoms with van der Waals surface area (Å²) in [6.07, 6.45) is 10.3. The van der Waals surface area contributed by atoms with Gasteiger partial charge < -0.3 is 9.76 Å². The van der Waals surface area contributed by atoms with E-state index < -0.39 is 7.47 Å². The molecule has 0 atom stereocenters. The Morgan fingerprint density at radius 2 is 1.68 bits per heavy atom. The first-order valence-corrected chi connectivity index (χ1v) is 7.31. The van der Waals surface area contributed by atoms with Crippen molar-refractivity contribution in [2.24, 2.45) is 0 Å². The molecule has 0 bridgehead atoms. The number of rotatable bonds is 4. The van der Waals surface area contributed by atoms with Crippen molar-refractivity contribution in [2.75, 3.05) is 0 Å². The monoisotopic (exact) mass is 380 g/mol. The van der Waals surface area contributed by atoms with Crippen LogP contribution in [0.15, 0.2) is 96.6 Å². The molecule has 3 rings (SSSR count). The summed E-state index contributed by atoms with van der Waals surface area (Å²) in [5, 5.41) is 11.9. The number of hydrogen-bond acceptors (Lipinski definition) is 2. The molecule has 2 aromatic rings. The molecule has 6 heteroatoms.